The van der Waals surface area contributed by atoms with Crippen molar-refractivity contribution in [2.24, 2.45) is 0 Å². The fourth-order valence-corrected chi connectivity index (χ4v) is 5.40. The Morgan fingerprint density at radius 1 is 1.18 bits per heavy atom. The predicted octanol–water partition coefficient (Wildman–Crippen LogP) is 3.73. The molecule has 12 heteroatoms. The van der Waals surface area contributed by atoms with Crippen molar-refractivity contribution in [1.29, 1.82) is 0 Å². The summed E-state index contributed by atoms with van der Waals surface area (Å²) in [4.78, 5) is 37.1. The number of benzene rings is 2. The molecule has 1 aliphatic heterocycles. The number of urea groups is 1. The van der Waals surface area contributed by atoms with Crippen molar-refractivity contribution in [3.63, 3.8) is 0 Å². The van der Waals surface area contributed by atoms with Crippen molar-refractivity contribution in [3.05, 3.63) is 81.0 Å². The molecular weight excluding hydrogens is 512 g/mol. The van der Waals surface area contributed by atoms with Crippen molar-refractivity contribution in [3.8, 4) is 0 Å². The number of non-ortho nitro benzene ring substituents is 1. The van der Waals surface area contributed by atoms with Crippen LogP contribution in [0.25, 0.3) is 0 Å². The zero-order valence-corrected chi connectivity index (χ0v) is 22.5. The van der Waals surface area contributed by atoms with Crippen molar-refractivity contribution < 1.29 is 28.0 Å². The molecule has 1 heterocycles. The number of carbonyl (C=O) groups excluding carboxylic acids is 1. The third-order valence-corrected chi connectivity index (χ3v) is 7.87. The molecule has 3 N–H and O–H groups in total. The van der Waals surface area contributed by atoms with Gasteiger partial charge < -0.3 is 20.6 Å². The van der Waals surface area contributed by atoms with Crippen LogP contribution in [0, 0.1) is 10.1 Å². The molecule has 0 aromatic heterocycles. The second kappa shape index (κ2) is 11.3. The molecular formula is C26H32N4O7S. The Labute approximate surface area is 221 Å². The maximum Gasteiger partial charge on any atom is 0.335 e. The van der Waals surface area contributed by atoms with Crippen LogP contribution >= 0.6 is 0 Å². The van der Waals surface area contributed by atoms with Crippen LogP contribution in [0.5, 0.6) is 0 Å². The van der Waals surface area contributed by atoms with E-state index in [4.69, 9.17) is 0 Å². The van der Waals surface area contributed by atoms with Gasteiger partial charge in [0, 0.05) is 24.4 Å². The molecule has 38 heavy (non-hydrogen) atoms. The van der Waals surface area contributed by atoms with Crippen LogP contribution in [0.15, 0.2) is 64.7 Å². The lowest BCUT2D eigenvalue weighted by molar-refractivity contribution is -0.384. The Hall–Kier alpha value is -3.77. The van der Waals surface area contributed by atoms with Gasteiger partial charge in [-0.25, -0.2) is 18.0 Å². The summed E-state index contributed by atoms with van der Waals surface area (Å²) in [5.74, 6) is -1.56. The summed E-state index contributed by atoms with van der Waals surface area (Å²) in [5, 5.41) is 26.5. The predicted molar refractivity (Wildman–Crippen MR) is 141 cm³/mol. The number of nitro benzene ring substituents is 1. The minimum Gasteiger partial charge on any atom is -0.478 e. The largest absolute Gasteiger partial charge is 0.478 e. The van der Waals surface area contributed by atoms with Gasteiger partial charge in [-0.15, -0.1) is 0 Å². The second-order valence-corrected chi connectivity index (χ2v) is 12.1. The van der Waals surface area contributed by atoms with Crippen LogP contribution in [-0.2, 0) is 20.0 Å². The van der Waals surface area contributed by atoms with Crippen LogP contribution < -0.4 is 10.6 Å². The minimum absolute atomic E-state index is 0.0799. The minimum atomic E-state index is -3.59. The second-order valence-electron chi connectivity index (χ2n) is 10.1. The van der Waals surface area contributed by atoms with Crippen LogP contribution in [0.1, 0.15) is 51.3 Å². The van der Waals surface area contributed by atoms with E-state index in [0.717, 1.165) is 5.56 Å². The maximum absolute atomic E-state index is 12.8. The number of rotatable bonds is 10. The van der Waals surface area contributed by atoms with E-state index in [0.29, 0.717) is 12.0 Å². The van der Waals surface area contributed by atoms with Crippen molar-refractivity contribution >= 4 is 27.5 Å². The molecule has 3 rings (SSSR count). The maximum atomic E-state index is 12.8. The molecule has 0 saturated carbocycles. The summed E-state index contributed by atoms with van der Waals surface area (Å²) >= 11 is 0. The molecule has 11 nitrogen and oxygen atoms in total. The number of sulfone groups is 1. The first kappa shape index (κ1) is 28.8. The van der Waals surface area contributed by atoms with Gasteiger partial charge in [0.2, 0.25) is 0 Å². The van der Waals surface area contributed by atoms with Crippen LogP contribution in [0.2, 0.25) is 0 Å². The van der Waals surface area contributed by atoms with E-state index in [-0.39, 0.29) is 46.2 Å². The molecule has 1 atom stereocenters. The van der Waals surface area contributed by atoms with Gasteiger partial charge in [-0.2, -0.15) is 0 Å². The van der Waals surface area contributed by atoms with Crippen molar-refractivity contribution in [2.75, 3.05) is 19.0 Å². The van der Waals surface area contributed by atoms with E-state index in [1.54, 1.807) is 24.3 Å². The number of carboxylic acids is 1. The number of hydrogen-bond acceptors (Lipinski definition) is 7. The number of hydrogen-bond donors (Lipinski definition) is 3. The monoisotopic (exact) mass is 544 g/mol. The van der Waals surface area contributed by atoms with E-state index in [2.05, 4.69) is 10.6 Å². The van der Waals surface area contributed by atoms with E-state index in [1.807, 2.05) is 20.8 Å². The molecule has 0 bridgehead atoms. The normalized spacial score (nSPS) is 16.4. The molecule has 1 unspecified atom stereocenters. The molecule has 0 radical (unpaired) electrons. The Balaban J connectivity index is 1.70. The summed E-state index contributed by atoms with van der Waals surface area (Å²) in [7, 11) is -3.59. The lowest BCUT2D eigenvalue weighted by Gasteiger charge is -2.37. The number of nitrogens with zero attached hydrogens (tertiary/aromatic N) is 2. The molecule has 0 spiro atoms. The molecule has 1 aliphatic rings. The van der Waals surface area contributed by atoms with Gasteiger partial charge in [0.15, 0.2) is 9.84 Å². The SMILES string of the molecule is CC1=C(C(=O)O)C(c2cccc([N+](=O)[O-])c2)N(CCCNCS(=O)(=O)c2ccc(C(C)(C)C)cc2)C(=O)N1. The number of carbonyl (C=O) groups is 2. The van der Waals surface area contributed by atoms with Gasteiger partial charge in [0.1, 0.15) is 5.88 Å². The van der Waals surface area contributed by atoms with Gasteiger partial charge >= 0.3 is 12.0 Å². The van der Waals surface area contributed by atoms with E-state index >= 15 is 0 Å². The summed E-state index contributed by atoms with van der Waals surface area (Å²) in [6, 6.07) is 10.7. The third-order valence-electron chi connectivity index (χ3n) is 6.30. The van der Waals surface area contributed by atoms with Gasteiger partial charge in [-0.3, -0.25) is 10.1 Å². The lowest BCUT2D eigenvalue weighted by atomic mass is 9.87. The van der Waals surface area contributed by atoms with Crippen LogP contribution in [0.4, 0.5) is 10.5 Å². The number of nitro groups is 1. The Bertz CT molecular complexity index is 1360. The Morgan fingerprint density at radius 2 is 1.84 bits per heavy atom. The first-order valence-electron chi connectivity index (χ1n) is 12.0. The highest BCUT2D eigenvalue weighted by Gasteiger charge is 2.38. The first-order chi connectivity index (χ1) is 17.7. The van der Waals surface area contributed by atoms with Gasteiger partial charge in [0.05, 0.1) is 21.4 Å². The fourth-order valence-electron chi connectivity index (χ4n) is 4.27. The zero-order valence-electron chi connectivity index (χ0n) is 21.7. The van der Waals surface area contributed by atoms with Crippen molar-refractivity contribution in [1.82, 2.24) is 15.5 Å². The van der Waals surface area contributed by atoms with Gasteiger partial charge in [-0.05, 0) is 48.6 Å². The molecule has 0 fully saturated rings. The van der Waals surface area contributed by atoms with Gasteiger partial charge in [0.25, 0.3) is 5.69 Å². The quantitative estimate of drug-likeness (QED) is 0.232. The number of amides is 2. The number of aliphatic carboxylic acids is 1. The van der Waals surface area contributed by atoms with Gasteiger partial charge in [-0.1, -0.05) is 45.0 Å². The van der Waals surface area contributed by atoms with E-state index in [1.165, 1.54) is 36.1 Å². The number of allylic oxidation sites excluding steroid dienone is 1. The zero-order chi connectivity index (χ0) is 28.3. The summed E-state index contributed by atoms with van der Waals surface area (Å²) in [6.07, 6.45) is 0.309. The molecule has 204 valence electrons. The standard InChI is InChI=1S/C26H32N4O7S/c1-17-22(24(31)32)23(18-7-5-8-20(15-18)30(34)35)29(25(33)28-17)14-6-13-27-16-38(36,37)21-11-9-19(10-12-21)26(2,3)4/h5,7-12,15,23,27H,6,13-14,16H2,1-4H3,(H,28,33)(H,31,32). The summed E-state index contributed by atoms with van der Waals surface area (Å²) in [5.41, 5.74) is 1.04. The highest BCUT2D eigenvalue weighted by atomic mass is 32.2. The number of nitrogens with one attached hydrogen (secondary N) is 2. The first-order valence-corrected chi connectivity index (χ1v) is 13.7. The summed E-state index contributed by atoms with van der Waals surface area (Å²) < 4.78 is 25.4. The lowest BCUT2D eigenvalue weighted by Crippen LogP contribution is -2.49. The molecule has 2 aromatic rings. The topological polar surface area (TPSA) is 159 Å². The summed E-state index contributed by atoms with van der Waals surface area (Å²) in [6.45, 7) is 7.90. The fraction of sp³-hybridized carbons (Fsp3) is 0.385. The van der Waals surface area contributed by atoms with E-state index < -0.39 is 32.8 Å². The smallest absolute Gasteiger partial charge is 0.335 e. The van der Waals surface area contributed by atoms with Crippen LogP contribution in [-0.4, -0.2) is 54.3 Å². The Morgan fingerprint density at radius 3 is 2.42 bits per heavy atom. The number of carboxylic acid groups (broad SMARTS) is 1. The van der Waals surface area contributed by atoms with Crippen LogP contribution in [0.3, 0.4) is 0 Å². The molecule has 0 saturated heterocycles. The van der Waals surface area contributed by atoms with Crippen molar-refractivity contribution in [2.45, 2.75) is 50.5 Å². The molecule has 2 amide bonds. The third kappa shape index (κ3) is 6.56. The highest BCUT2D eigenvalue weighted by molar-refractivity contribution is 7.91. The average molecular weight is 545 g/mol. The Kier molecular flexibility index (Phi) is 8.58. The molecule has 0 aliphatic carbocycles. The van der Waals surface area contributed by atoms with E-state index in [9.17, 15) is 33.2 Å². The highest BCUT2D eigenvalue weighted by Crippen LogP contribution is 2.35. The average Bonchev–Trinajstić information content (AvgIpc) is 2.83. The molecule has 2 aromatic carbocycles.